The van der Waals surface area contributed by atoms with Crippen molar-refractivity contribution in [2.75, 3.05) is 19.6 Å². The van der Waals surface area contributed by atoms with E-state index in [1.165, 1.54) is 4.90 Å². The average molecular weight is 432 g/mol. The first-order valence-corrected chi connectivity index (χ1v) is 8.84. The van der Waals surface area contributed by atoms with Gasteiger partial charge in [0.15, 0.2) is 0 Å². The summed E-state index contributed by atoms with van der Waals surface area (Å²) < 4.78 is 0. The minimum Gasteiger partial charge on any atom is -0.549 e. The van der Waals surface area contributed by atoms with Crippen LogP contribution in [0.1, 0.15) is 32.8 Å². The summed E-state index contributed by atoms with van der Waals surface area (Å²) in [6.45, 7) is -1.24. The zero-order chi connectivity index (χ0) is 19.8. The summed E-state index contributed by atoms with van der Waals surface area (Å²) in [5.74, 6) is -4.05. The van der Waals surface area contributed by atoms with Crippen LogP contribution in [0.3, 0.4) is 0 Å². The van der Waals surface area contributed by atoms with Crippen LogP contribution in [0.4, 0.5) is 0 Å². The van der Waals surface area contributed by atoms with E-state index in [0.29, 0.717) is 18.5 Å². The molecule has 1 aliphatic rings. The summed E-state index contributed by atoms with van der Waals surface area (Å²) in [5, 5.41) is 33.5. The largest absolute Gasteiger partial charge is 2.00 e. The molecule has 0 saturated heterocycles. The number of carboxylic acid groups (broad SMARTS) is 3. The van der Waals surface area contributed by atoms with Gasteiger partial charge in [-0.25, -0.2) is 0 Å². The van der Waals surface area contributed by atoms with Crippen LogP contribution >= 0.6 is 0 Å². The minimum atomic E-state index is -1.39. The molecule has 1 aliphatic carbocycles. The van der Waals surface area contributed by atoms with E-state index >= 15 is 0 Å². The van der Waals surface area contributed by atoms with Gasteiger partial charge in [-0.1, -0.05) is 18.9 Å². The minimum absolute atomic E-state index is 0. The van der Waals surface area contributed by atoms with Gasteiger partial charge in [-0.05, 0) is 25.0 Å². The quantitative estimate of drug-likeness (QED) is 0.351. The van der Waals surface area contributed by atoms with E-state index in [1.807, 2.05) is 0 Å². The first-order valence-electron chi connectivity index (χ1n) is 8.84. The van der Waals surface area contributed by atoms with Crippen LogP contribution in [0.25, 0.3) is 0 Å². The number of carbonyl (C=O) groups is 3. The van der Waals surface area contributed by atoms with Gasteiger partial charge in [0.2, 0.25) is 0 Å². The number of aromatic nitrogens is 1. The van der Waals surface area contributed by atoms with Crippen molar-refractivity contribution >= 4 is 17.9 Å². The van der Waals surface area contributed by atoms with Crippen molar-refractivity contribution in [3.8, 4) is 0 Å². The number of carbonyl (C=O) groups excluding carboxylic acids is 3. The van der Waals surface area contributed by atoms with Crippen LogP contribution in [0.2, 0.25) is 0 Å². The molecule has 0 aromatic carbocycles. The maximum Gasteiger partial charge on any atom is 2.00 e. The molecule has 0 aliphatic heterocycles. The predicted octanol–water partition coefficient (Wildman–Crippen LogP) is -3.14. The Labute approximate surface area is 175 Å². The van der Waals surface area contributed by atoms with Crippen LogP contribution in [-0.2, 0) is 38.0 Å². The second kappa shape index (κ2) is 11.8. The Bertz CT molecular complexity index is 650. The molecular weight excluding hydrogens is 409 g/mol. The fourth-order valence-corrected chi connectivity index (χ4v) is 3.72. The number of aliphatic carboxylic acids is 3. The molecular formula is C18H23MnN3O6. The second-order valence-corrected chi connectivity index (χ2v) is 6.67. The molecule has 1 saturated carbocycles. The number of carboxylic acids is 3. The zero-order valence-corrected chi connectivity index (χ0v) is 16.5. The molecule has 0 bridgehead atoms. The van der Waals surface area contributed by atoms with E-state index in [9.17, 15) is 29.7 Å². The summed E-state index contributed by atoms with van der Waals surface area (Å²) in [6.07, 6.45) is 4.39. The Balaban J connectivity index is 0.00000392. The van der Waals surface area contributed by atoms with Gasteiger partial charge >= 0.3 is 18.5 Å². The second-order valence-electron chi connectivity index (χ2n) is 6.67. The zero-order valence-electron chi connectivity index (χ0n) is 16.3. The number of hydrogen-bond acceptors (Lipinski definition) is 9. The van der Waals surface area contributed by atoms with Gasteiger partial charge in [-0.2, -0.15) is 0 Å². The van der Waals surface area contributed by atoms with Crippen molar-refractivity contribution < 1.29 is 48.2 Å². The monoisotopic (exact) mass is 432 g/mol. The molecule has 10 heteroatoms. The Morgan fingerprint density at radius 3 is 1.89 bits per heavy atom. The SMILES string of the molecule is O=C([O-])CN(CC(=O)[O-])[C@@H]1CCCC[C@H]1N(CC(=O)[O-])Cc1ccccn1.[H+].[Mn+2]. The normalized spacial score (nSPS) is 19.2. The molecule has 0 unspecified atom stereocenters. The average Bonchev–Trinajstić information content (AvgIpc) is 2.60. The number of nitrogens with zero attached hydrogens (tertiary/aromatic N) is 3. The molecule has 0 amide bonds. The standard InChI is InChI=1S/C18H25N3O6.Mn/c22-16(23)10-20(9-13-5-3-4-8-19-13)14-6-1-2-7-15(14)21(11-17(24)25)12-18(26)27;/h3-5,8,14-15H,1-2,6-7,9-12H2,(H,22,23)(H,24,25)(H,26,27);/q;+2/p-2/t14-,15-;/m1./s1. The van der Waals surface area contributed by atoms with Crippen LogP contribution in [-0.4, -0.2) is 64.4 Å². The van der Waals surface area contributed by atoms with E-state index in [-0.39, 0.29) is 37.6 Å². The van der Waals surface area contributed by atoms with Crippen molar-refractivity contribution in [1.82, 2.24) is 14.8 Å². The number of hydrogen-bond donors (Lipinski definition) is 0. The Morgan fingerprint density at radius 2 is 1.43 bits per heavy atom. The molecule has 9 nitrogen and oxygen atoms in total. The van der Waals surface area contributed by atoms with Crippen LogP contribution in [0, 0.1) is 0 Å². The Morgan fingerprint density at radius 1 is 0.929 bits per heavy atom. The molecule has 28 heavy (non-hydrogen) atoms. The van der Waals surface area contributed by atoms with Crippen molar-refractivity contribution in [2.45, 2.75) is 44.3 Å². The Hall–Kier alpha value is -2.00. The van der Waals surface area contributed by atoms with Gasteiger partial charge < -0.3 is 29.7 Å². The molecule has 2 rings (SSSR count). The van der Waals surface area contributed by atoms with Crippen molar-refractivity contribution in [1.29, 1.82) is 0 Å². The van der Waals surface area contributed by atoms with E-state index < -0.39 is 37.0 Å². The smallest absolute Gasteiger partial charge is 0.549 e. The molecule has 2 atom stereocenters. The first kappa shape index (κ1) is 24.0. The molecule has 0 spiro atoms. The molecule has 1 fully saturated rings. The van der Waals surface area contributed by atoms with Gasteiger partial charge in [-0.3, -0.25) is 14.8 Å². The van der Waals surface area contributed by atoms with E-state index in [0.717, 1.165) is 12.8 Å². The van der Waals surface area contributed by atoms with Gasteiger partial charge in [0, 0.05) is 44.5 Å². The van der Waals surface area contributed by atoms with E-state index in [4.69, 9.17) is 0 Å². The third-order valence-electron chi connectivity index (χ3n) is 4.72. The third kappa shape index (κ3) is 7.55. The van der Waals surface area contributed by atoms with Gasteiger partial charge in [0.1, 0.15) is 0 Å². The van der Waals surface area contributed by atoms with Gasteiger partial charge in [0.25, 0.3) is 0 Å². The van der Waals surface area contributed by atoms with Gasteiger partial charge in [0.05, 0.1) is 23.6 Å². The predicted molar refractivity (Wildman–Crippen MR) is 88.4 cm³/mol. The fraction of sp³-hybridized carbons (Fsp3) is 0.556. The maximum atomic E-state index is 11.3. The summed E-state index contributed by atoms with van der Waals surface area (Å²) in [6, 6.07) is 4.50. The molecule has 1 radical (unpaired) electrons. The van der Waals surface area contributed by atoms with Crippen molar-refractivity contribution in [3.05, 3.63) is 30.1 Å². The summed E-state index contributed by atoms with van der Waals surface area (Å²) in [5.41, 5.74) is 0.662. The van der Waals surface area contributed by atoms with Crippen molar-refractivity contribution in [3.63, 3.8) is 0 Å². The van der Waals surface area contributed by atoms with Gasteiger partial charge in [-0.15, -0.1) is 0 Å². The molecule has 1 aromatic rings. The third-order valence-corrected chi connectivity index (χ3v) is 4.72. The van der Waals surface area contributed by atoms with Crippen LogP contribution in [0.15, 0.2) is 24.4 Å². The van der Waals surface area contributed by atoms with Crippen LogP contribution in [0.5, 0.6) is 0 Å². The maximum absolute atomic E-state index is 11.3. The topological polar surface area (TPSA) is 140 Å². The fourth-order valence-electron chi connectivity index (χ4n) is 3.72. The first-order chi connectivity index (χ1) is 12.9. The molecule has 153 valence electrons. The summed E-state index contributed by atoms with van der Waals surface area (Å²) in [4.78, 5) is 40.6. The summed E-state index contributed by atoms with van der Waals surface area (Å²) >= 11 is 0. The molecule has 0 N–H and O–H groups in total. The molecule has 1 aromatic heterocycles. The number of rotatable bonds is 10. The van der Waals surface area contributed by atoms with Crippen molar-refractivity contribution in [2.24, 2.45) is 0 Å². The number of pyridine rings is 1. The van der Waals surface area contributed by atoms with Crippen LogP contribution < -0.4 is 15.3 Å². The Kier molecular flexibility index (Phi) is 10.1. The van der Waals surface area contributed by atoms with E-state index in [2.05, 4.69) is 4.98 Å². The van der Waals surface area contributed by atoms with E-state index in [1.54, 1.807) is 29.3 Å². The molecule has 1 heterocycles. The summed E-state index contributed by atoms with van der Waals surface area (Å²) in [7, 11) is 0.